The fraction of sp³-hybridized carbons (Fsp3) is 0.524. The number of carbonyl (C=O) groups excluding carboxylic acids is 1. The third-order valence-electron chi connectivity index (χ3n) is 5.18. The lowest BCUT2D eigenvalue weighted by atomic mass is 10.1. The summed E-state index contributed by atoms with van der Waals surface area (Å²) in [4.78, 5) is 30.1. The Labute approximate surface area is 167 Å². The number of likely N-dealkylation sites (tertiary alicyclic amines) is 1. The zero-order valence-electron chi connectivity index (χ0n) is 17.3. The largest absolute Gasteiger partial charge is 0.342 e. The van der Waals surface area contributed by atoms with Crippen LogP contribution in [-0.2, 0) is 4.79 Å². The number of hydrogen-bond acceptors (Lipinski definition) is 6. The third-order valence-corrected chi connectivity index (χ3v) is 5.18. The molecule has 7 nitrogen and oxygen atoms in total. The van der Waals surface area contributed by atoms with Crippen LogP contribution in [0.1, 0.15) is 49.8 Å². The van der Waals surface area contributed by atoms with Gasteiger partial charge < -0.3 is 10.2 Å². The highest BCUT2D eigenvalue weighted by atomic mass is 16.2. The summed E-state index contributed by atoms with van der Waals surface area (Å²) in [6.07, 6.45) is 3.94. The van der Waals surface area contributed by atoms with E-state index in [1.807, 2.05) is 57.0 Å². The summed E-state index contributed by atoms with van der Waals surface area (Å²) in [5, 5.41) is 3.22. The highest BCUT2D eigenvalue weighted by molar-refractivity contribution is 5.78. The average Bonchev–Trinajstić information content (AvgIpc) is 3.10. The minimum Gasteiger partial charge on any atom is -0.342 e. The van der Waals surface area contributed by atoms with Gasteiger partial charge in [-0.05, 0) is 65.3 Å². The molecule has 1 unspecified atom stereocenters. The van der Waals surface area contributed by atoms with Crippen molar-refractivity contribution in [2.24, 2.45) is 0 Å². The van der Waals surface area contributed by atoms with Gasteiger partial charge in [0.05, 0.1) is 30.2 Å². The fourth-order valence-electron chi connectivity index (χ4n) is 3.79. The Balaban J connectivity index is 1.67. The van der Waals surface area contributed by atoms with Gasteiger partial charge in [0.2, 0.25) is 11.9 Å². The van der Waals surface area contributed by atoms with Crippen LogP contribution in [0.2, 0.25) is 0 Å². The number of nitrogens with one attached hydrogen (secondary N) is 1. The van der Waals surface area contributed by atoms with Crippen molar-refractivity contribution >= 4 is 17.5 Å². The molecule has 1 atom stereocenters. The van der Waals surface area contributed by atoms with Crippen molar-refractivity contribution in [1.82, 2.24) is 24.8 Å². The van der Waals surface area contributed by atoms with Crippen molar-refractivity contribution < 1.29 is 4.79 Å². The predicted molar refractivity (Wildman–Crippen MR) is 111 cm³/mol. The van der Waals surface area contributed by atoms with Gasteiger partial charge in [-0.3, -0.25) is 14.7 Å². The average molecular weight is 383 g/mol. The Morgan fingerprint density at radius 2 is 1.93 bits per heavy atom. The van der Waals surface area contributed by atoms with E-state index in [4.69, 9.17) is 0 Å². The standard InChI is InChI=1S/C21H30N6O/c1-5-26(6-2)20(28)14-27-11-7-8-19(27)18-10-9-17(13-22-18)25-21-23-15(3)12-16(4)24-21/h9-10,12-13,19H,5-8,11,14H2,1-4H3,(H,23,24,25). The first kappa shape index (κ1) is 20.2. The lowest BCUT2D eigenvalue weighted by Crippen LogP contribution is -2.40. The molecule has 7 heteroatoms. The zero-order chi connectivity index (χ0) is 20.1. The molecule has 1 fully saturated rings. The van der Waals surface area contributed by atoms with E-state index in [1.54, 1.807) is 0 Å². The van der Waals surface area contributed by atoms with E-state index in [0.717, 1.165) is 55.2 Å². The summed E-state index contributed by atoms with van der Waals surface area (Å²) in [5.41, 5.74) is 3.73. The van der Waals surface area contributed by atoms with Crippen LogP contribution in [0.4, 0.5) is 11.6 Å². The summed E-state index contributed by atoms with van der Waals surface area (Å²) in [5.74, 6) is 0.779. The van der Waals surface area contributed by atoms with Crippen LogP contribution in [0, 0.1) is 13.8 Å². The number of aryl methyl sites for hydroxylation is 2. The number of nitrogens with zero attached hydrogens (tertiary/aromatic N) is 5. The monoisotopic (exact) mass is 382 g/mol. The number of pyridine rings is 1. The van der Waals surface area contributed by atoms with Crippen molar-refractivity contribution in [3.63, 3.8) is 0 Å². The second-order valence-corrected chi connectivity index (χ2v) is 7.27. The Bertz CT molecular complexity index is 783. The number of likely N-dealkylation sites (N-methyl/N-ethyl adjacent to an activating group) is 1. The molecule has 1 aliphatic heterocycles. The van der Waals surface area contributed by atoms with Crippen molar-refractivity contribution in [1.29, 1.82) is 0 Å². The van der Waals surface area contributed by atoms with E-state index >= 15 is 0 Å². The quantitative estimate of drug-likeness (QED) is 0.792. The Kier molecular flexibility index (Phi) is 6.57. The van der Waals surface area contributed by atoms with Crippen molar-refractivity contribution in [2.75, 3.05) is 31.5 Å². The van der Waals surface area contributed by atoms with Gasteiger partial charge in [0.25, 0.3) is 0 Å². The molecule has 1 saturated heterocycles. The molecule has 0 spiro atoms. The molecule has 3 heterocycles. The maximum atomic E-state index is 12.5. The molecule has 0 radical (unpaired) electrons. The Morgan fingerprint density at radius 1 is 1.21 bits per heavy atom. The highest BCUT2D eigenvalue weighted by Crippen LogP contribution is 2.31. The maximum Gasteiger partial charge on any atom is 0.236 e. The Morgan fingerprint density at radius 3 is 2.54 bits per heavy atom. The molecule has 150 valence electrons. The van der Waals surface area contributed by atoms with Gasteiger partial charge in [-0.1, -0.05) is 0 Å². The molecular weight excluding hydrogens is 352 g/mol. The summed E-state index contributed by atoms with van der Waals surface area (Å²) < 4.78 is 0. The first-order valence-corrected chi connectivity index (χ1v) is 10.1. The van der Waals surface area contributed by atoms with Gasteiger partial charge in [-0.25, -0.2) is 9.97 Å². The smallest absolute Gasteiger partial charge is 0.236 e. The van der Waals surface area contributed by atoms with Crippen LogP contribution in [0.15, 0.2) is 24.4 Å². The summed E-state index contributed by atoms with van der Waals surface area (Å²) >= 11 is 0. The minimum absolute atomic E-state index is 0.196. The predicted octanol–water partition coefficient (Wildman–Crippen LogP) is 3.24. The van der Waals surface area contributed by atoms with Crippen LogP contribution in [0.3, 0.4) is 0 Å². The molecule has 2 aromatic heterocycles. The maximum absolute atomic E-state index is 12.5. The molecule has 28 heavy (non-hydrogen) atoms. The molecule has 1 amide bonds. The lowest BCUT2D eigenvalue weighted by Gasteiger charge is -2.27. The van der Waals surface area contributed by atoms with Crippen LogP contribution < -0.4 is 5.32 Å². The van der Waals surface area contributed by atoms with Gasteiger partial charge in [0.15, 0.2) is 0 Å². The molecule has 0 bridgehead atoms. The van der Waals surface area contributed by atoms with Gasteiger partial charge in [-0.15, -0.1) is 0 Å². The number of amides is 1. The van der Waals surface area contributed by atoms with Crippen molar-refractivity contribution in [2.45, 2.75) is 46.6 Å². The number of aromatic nitrogens is 3. The molecule has 0 aliphatic carbocycles. The molecule has 3 rings (SSSR count). The van der Waals surface area contributed by atoms with E-state index in [1.165, 1.54) is 0 Å². The van der Waals surface area contributed by atoms with Gasteiger partial charge in [-0.2, -0.15) is 0 Å². The minimum atomic E-state index is 0.196. The van der Waals surface area contributed by atoms with Crippen LogP contribution in [-0.4, -0.2) is 56.8 Å². The van der Waals surface area contributed by atoms with Crippen LogP contribution in [0.25, 0.3) is 0 Å². The van der Waals surface area contributed by atoms with E-state index in [9.17, 15) is 4.79 Å². The van der Waals surface area contributed by atoms with E-state index < -0.39 is 0 Å². The van der Waals surface area contributed by atoms with Crippen LogP contribution >= 0.6 is 0 Å². The van der Waals surface area contributed by atoms with Crippen molar-refractivity contribution in [3.05, 3.63) is 41.5 Å². The topological polar surface area (TPSA) is 74.2 Å². The number of rotatable bonds is 7. The third kappa shape index (κ3) is 4.84. The van der Waals surface area contributed by atoms with Crippen molar-refractivity contribution in [3.8, 4) is 0 Å². The molecule has 2 aromatic rings. The SMILES string of the molecule is CCN(CC)C(=O)CN1CCCC1c1ccc(Nc2nc(C)cc(C)n2)cn1. The second kappa shape index (κ2) is 9.10. The van der Waals surface area contributed by atoms with E-state index in [0.29, 0.717) is 12.5 Å². The van der Waals surface area contributed by atoms with Gasteiger partial charge in [0.1, 0.15) is 0 Å². The normalized spacial score (nSPS) is 16.9. The molecule has 0 aromatic carbocycles. The zero-order valence-corrected chi connectivity index (χ0v) is 17.3. The highest BCUT2D eigenvalue weighted by Gasteiger charge is 2.29. The number of anilines is 2. The molecular formula is C21H30N6O. The fourth-order valence-corrected chi connectivity index (χ4v) is 3.79. The summed E-state index contributed by atoms with van der Waals surface area (Å²) in [7, 11) is 0. The molecule has 1 aliphatic rings. The number of hydrogen-bond donors (Lipinski definition) is 1. The van der Waals surface area contributed by atoms with Gasteiger partial charge >= 0.3 is 0 Å². The summed E-state index contributed by atoms with van der Waals surface area (Å²) in [6, 6.07) is 6.19. The Hall–Kier alpha value is -2.54. The molecule has 1 N–H and O–H groups in total. The second-order valence-electron chi connectivity index (χ2n) is 7.27. The first-order valence-electron chi connectivity index (χ1n) is 10.1. The van der Waals surface area contributed by atoms with E-state index in [2.05, 4.69) is 25.2 Å². The van der Waals surface area contributed by atoms with Crippen LogP contribution in [0.5, 0.6) is 0 Å². The van der Waals surface area contributed by atoms with E-state index in [-0.39, 0.29) is 11.9 Å². The number of carbonyl (C=O) groups is 1. The first-order chi connectivity index (χ1) is 13.5. The van der Waals surface area contributed by atoms with Gasteiger partial charge in [0, 0.05) is 24.5 Å². The molecule has 0 saturated carbocycles. The lowest BCUT2D eigenvalue weighted by molar-refractivity contribution is -0.132. The summed E-state index contributed by atoms with van der Waals surface area (Å²) in [6.45, 7) is 10.9.